The first-order valence-electron chi connectivity index (χ1n) is 4.94. The third-order valence-electron chi connectivity index (χ3n) is 2.93. The van der Waals surface area contributed by atoms with Gasteiger partial charge in [0.15, 0.2) is 4.77 Å². The summed E-state index contributed by atoms with van der Waals surface area (Å²) in [6, 6.07) is 0.646. The van der Waals surface area contributed by atoms with Gasteiger partial charge >= 0.3 is 0 Å². The standard InChI is InChI=1S/C10H16N2S/c1-7-3-4-9(5-7)12-6-8(2)11-10(12)13/h6-7,9H,3-5H2,1-2H3,(H,11,13). The first kappa shape index (κ1) is 9.00. The maximum atomic E-state index is 5.26. The Morgan fingerprint density at radius 3 is 2.77 bits per heavy atom. The molecule has 2 rings (SSSR count). The molecule has 0 spiro atoms. The van der Waals surface area contributed by atoms with Crippen LogP contribution in [0.2, 0.25) is 0 Å². The Hall–Kier alpha value is -0.570. The number of aromatic nitrogens is 2. The molecule has 1 aromatic rings. The number of hydrogen-bond donors (Lipinski definition) is 1. The summed E-state index contributed by atoms with van der Waals surface area (Å²) in [6.07, 6.45) is 6.06. The van der Waals surface area contributed by atoms with Crippen molar-refractivity contribution in [3.05, 3.63) is 16.7 Å². The minimum Gasteiger partial charge on any atom is -0.335 e. The summed E-state index contributed by atoms with van der Waals surface area (Å²) in [4.78, 5) is 3.18. The highest BCUT2D eigenvalue weighted by atomic mass is 32.1. The van der Waals surface area contributed by atoms with Gasteiger partial charge in [-0.15, -0.1) is 0 Å². The van der Waals surface area contributed by atoms with Gasteiger partial charge in [-0.25, -0.2) is 0 Å². The van der Waals surface area contributed by atoms with E-state index in [1.807, 2.05) is 0 Å². The Bertz CT molecular complexity index is 350. The monoisotopic (exact) mass is 196 g/mol. The third-order valence-corrected chi connectivity index (χ3v) is 3.24. The molecule has 1 heterocycles. The Morgan fingerprint density at radius 2 is 2.31 bits per heavy atom. The number of aryl methyl sites for hydroxylation is 1. The lowest BCUT2D eigenvalue weighted by atomic mass is 10.1. The molecule has 1 aromatic heterocycles. The van der Waals surface area contributed by atoms with E-state index in [1.54, 1.807) is 0 Å². The van der Waals surface area contributed by atoms with Crippen molar-refractivity contribution >= 4 is 12.2 Å². The van der Waals surface area contributed by atoms with E-state index in [4.69, 9.17) is 12.2 Å². The molecular formula is C10H16N2S. The Kier molecular flexibility index (Phi) is 2.28. The van der Waals surface area contributed by atoms with Crippen LogP contribution in [0.4, 0.5) is 0 Å². The molecule has 0 aliphatic heterocycles. The molecule has 1 saturated carbocycles. The highest BCUT2D eigenvalue weighted by Crippen LogP contribution is 2.34. The van der Waals surface area contributed by atoms with Crippen LogP contribution < -0.4 is 0 Å². The normalized spacial score (nSPS) is 28.2. The molecule has 1 aliphatic carbocycles. The average molecular weight is 196 g/mol. The zero-order valence-electron chi connectivity index (χ0n) is 8.21. The lowest BCUT2D eigenvalue weighted by Gasteiger charge is -2.10. The van der Waals surface area contributed by atoms with Gasteiger partial charge in [0.1, 0.15) is 0 Å². The number of imidazole rings is 1. The summed E-state index contributed by atoms with van der Waals surface area (Å²) < 4.78 is 3.12. The van der Waals surface area contributed by atoms with Crippen molar-refractivity contribution in [1.29, 1.82) is 0 Å². The largest absolute Gasteiger partial charge is 0.335 e. The second-order valence-corrected chi connectivity index (χ2v) is 4.61. The summed E-state index contributed by atoms with van der Waals surface area (Å²) in [5.41, 5.74) is 1.17. The van der Waals surface area contributed by atoms with Crippen LogP contribution in [-0.2, 0) is 0 Å². The fraction of sp³-hybridized carbons (Fsp3) is 0.700. The zero-order valence-corrected chi connectivity index (χ0v) is 9.03. The van der Waals surface area contributed by atoms with Crippen molar-refractivity contribution in [3.8, 4) is 0 Å². The molecule has 2 nitrogen and oxygen atoms in total. The molecule has 2 unspecified atom stereocenters. The van der Waals surface area contributed by atoms with Crippen molar-refractivity contribution in [2.45, 2.75) is 39.2 Å². The minimum atomic E-state index is 0.646. The van der Waals surface area contributed by atoms with Crippen LogP contribution >= 0.6 is 12.2 Å². The number of nitrogens with zero attached hydrogens (tertiary/aromatic N) is 1. The molecule has 1 N–H and O–H groups in total. The van der Waals surface area contributed by atoms with E-state index in [-0.39, 0.29) is 0 Å². The van der Waals surface area contributed by atoms with E-state index in [9.17, 15) is 0 Å². The van der Waals surface area contributed by atoms with E-state index in [2.05, 4.69) is 29.6 Å². The Labute approximate surface area is 84.0 Å². The van der Waals surface area contributed by atoms with Crippen LogP contribution in [0.15, 0.2) is 6.20 Å². The van der Waals surface area contributed by atoms with Gasteiger partial charge in [-0.2, -0.15) is 0 Å². The quantitative estimate of drug-likeness (QED) is 0.684. The first-order chi connectivity index (χ1) is 6.16. The van der Waals surface area contributed by atoms with Gasteiger partial charge in [0.2, 0.25) is 0 Å². The molecular weight excluding hydrogens is 180 g/mol. The summed E-state index contributed by atoms with van der Waals surface area (Å²) >= 11 is 5.26. The molecule has 0 radical (unpaired) electrons. The topological polar surface area (TPSA) is 20.7 Å². The molecule has 1 fully saturated rings. The first-order valence-corrected chi connectivity index (χ1v) is 5.35. The summed E-state index contributed by atoms with van der Waals surface area (Å²) in [5, 5.41) is 0. The van der Waals surface area contributed by atoms with E-state index >= 15 is 0 Å². The highest BCUT2D eigenvalue weighted by molar-refractivity contribution is 7.71. The summed E-state index contributed by atoms with van der Waals surface area (Å²) in [6.45, 7) is 4.38. The van der Waals surface area contributed by atoms with Crippen molar-refractivity contribution in [2.75, 3.05) is 0 Å². The van der Waals surface area contributed by atoms with Crippen LogP contribution in [0.3, 0.4) is 0 Å². The predicted octanol–water partition coefficient (Wildman–Crippen LogP) is 3.22. The maximum absolute atomic E-state index is 5.26. The Morgan fingerprint density at radius 1 is 1.54 bits per heavy atom. The van der Waals surface area contributed by atoms with Gasteiger partial charge in [0, 0.05) is 17.9 Å². The maximum Gasteiger partial charge on any atom is 0.177 e. The van der Waals surface area contributed by atoms with Gasteiger partial charge in [-0.1, -0.05) is 6.92 Å². The molecule has 2 atom stereocenters. The number of aromatic amines is 1. The molecule has 0 bridgehead atoms. The molecule has 3 heteroatoms. The van der Waals surface area contributed by atoms with Crippen molar-refractivity contribution in [1.82, 2.24) is 9.55 Å². The number of rotatable bonds is 1. The number of H-pyrrole nitrogens is 1. The second-order valence-electron chi connectivity index (χ2n) is 4.22. The van der Waals surface area contributed by atoms with Crippen molar-refractivity contribution in [3.63, 3.8) is 0 Å². The van der Waals surface area contributed by atoms with Crippen LogP contribution in [-0.4, -0.2) is 9.55 Å². The smallest absolute Gasteiger partial charge is 0.177 e. The van der Waals surface area contributed by atoms with Gasteiger partial charge in [0.05, 0.1) is 0 Å². The van der Waals surface area contributed by atoms with E-state index < -0.39 is 0 Å². The van der Waals surface area contributed by atoms with Crippen LogP contribution in [0.1, 0.15) is 37.9 Å². The predicted molar refractivity (Wildman–Crippen MR) is 56.4 cm³/mol. The van der Waals surface area contributed by atoms with Crippen LogP contribution in [0.25, 0.3) is 0 Å². The molecule has 0 amide bonds. The van der Waals surface area contributed by atoms with Crippen LogP contribution in [0, 0.1) is 17.6 Å². The molecule has 72 valence electrons. The third kappa shape index (κ3) is 1.70. The van der Waals surface area contributed by atoms with Gasteiger partial charge in [-0.3, -0.25) is 0 Å². The summed E-state index contributed by atoms with van der Waals surface area (Å²) in [7, 11) is 0. The van der Waals surface area contributed by atoms with Gasteiger partial charge in [-0.05, 0) is 44.3 Å². The molecule has 0 aromatic carbocycles. The fourth-order valence-electron chi connectivity index (χ4n) is 2.23. The van der Waals surface area contributed by atoms with E-state index in [0.29, 0.717) is 6.04 Å². The van der Waals surface area contributed by atoms with Crippen LogP contribution in [0.5, 0.6) is 0 Å². The van der Waals surface area contributed by atoms with Crippen molar-refractivity contribution in [2.24, 2.45) is 5.92 Å². The average Bonchev–Trinajstić information content (AvgIpc) is 2.58. The second kappa shape index (κ2) is 3.29. The molecule has 0 saturated heterocycles. The van der Waals surface area contributed by atoms with Gasteiger partial charge in [0.25, 0.3) is 0 Å². The zero-order chi connectivity index (χ0) is 9.42. The lowest BCUT2D eigenvalue weighted by Crippen LogP contribution is -2.03. The van der Waals surface area contributed by atoms with E-state index in [0.717, 1.165) is 10.7 Å². The number of hydrogen-bond acceptors (Lipinski definition) is 1. The fourth-order valence-corrected chi connectivity index (χ4v) is 2.60. The minimum absolute atomic E-state index is 0.646. The Balaban J connectivity index is 2.26. The SMILES string of the molecule is Cc1cn(C2CCC(C)C2)c(=S)[nH]1. The summed E-state index contributed by atoms with van der Waals surface area (Å²) in [5.74, 6) is 0.863. The molecule has 13 heavy (non-hydrogen) atoms. The van der Waals surface area contributed by atoms with E-state index in [1.165, 1.54) is 25.0 Å². The highest BCUT2D eigenvalue weighted by Gasteiger charge is 2.22. The lowest BCUT2D eigenvalue weighted by molar-refractivity contribution is 0.489. The number of nitrogens with one attached hydrogen (secondary N) is 1. The van der Waals surface area contributed by atoms with Crippen molar-refractivity contribution < 1.29 is 0 Å². The molecule has 1 aliphatic rings. The van der Waals surface area contributed by atoms with Gasteiger partial charge < -0.3 is 9.55 Å².